The van der Waals surface area contributed by atoms with Gasteiger partial charge in [-0.15, -0.1) is 0 Å². The summed E-state index contributed by atoms with van der Waals surface area (Å²) in [6.07, 6.45) is -0.798. The molecule has 4 atom stereocenters. The second kappa shape index (κ2) is 7.59. The Labute approximate surface area is 141 Å². The van der Waals surface area contributed by atoms with Crippen LogP contribution in [0.5, 0.6) is 0 Å². The number of hydrogen-bond donors (Lipinski definition) is 4. The molecule has 1 saturated heterocycles. The van der Waals surface area contributed by atoms with Crippen LogP contribution in [0, 0.1) is 0 Å². The zero-order valence-electron chi connectivity index (χ0n) is 13.2. The number of azide groups is 1. The molecule has 3 heterocycles. The van der Waals surface area contributed by atoms with Crippen molar-refractivity contribution in [1.82, 2.24) is 19.5 Å². The lowest BCUT2D eigenvalue weighted by Crippen LogP contribution is -2.33. The normalized spacial score (nSPS) is 25.9. The van der Waals surface area contributed by atoms with Crippen LogP contribution in [-0.2, 0) is 4.74 Å². The summed E-state index contributed by atoms with van der Waals surface area (Å²) in [4.78, 5) is 15.2. The topological polar surface area (TPSA) is 174 Å². The van der Waals surface area contributed by atoms with Crippen LogP contribution in [0.1, 0.15) is 12.6 Å². The number of imidazole rings is 1. The van der Waals surface area contributed by atoms with E-state index in [9.17, 15) is 15.3 Å². The molecular formula is C13H18N8O4. The Morgan fingerprint density at radius 1 is 1.32 bits per heavy atom. The van der Waals surface area contributed by atoms with Crippen molar-refractivity contribution < 1.29 is 20.1 Å². The van der Waals surface area contributed by atoms with Crippen LogP contribution in [0.3, 0.4) is 0 Å². The molecule has 1 aliphatic rings. The van der Waals surface area contributed by atoms with Crippen molar-refractivity contribution in [2.75, 3.05) is 25.0 Å². The highest BCUT2D eigenvalue weighted by Gasteiger charge is 2.44. The number of aromatic nitrogens is 4. The first-order chi connectivity index (χ1) is 12.2. The van der Waals surface area contributed by atoms with Gasteiger partial charge in [0.1, 0.15) is 24.6 Å². The molecule has 0 amide bonds. The maximum atomic E-state index is 10.1. The maximum absolute atomic E-state index is 10.1. The van der Waals surface area contributed by atoms with Crippen LogP contribution < -0.4 is 5.32 Å². The summed E-state index contributed by atoms with van der Waals surface area (Å²) in [6, 6.07) is 0. The SMILES string of the molecule is [N-]=[N+]=NCCCNc1ncnc2c1ncn2[C@@H]1O[C@H](CO)[C@H](O)[C@@H]1O. The quantitative estimate of drug-likeness (QED) is 0.225. The van der Waals surface area contributed by atoms with Gasteiger partial charge in [-0.3, -0.25) is 4.57 Å². The Morgan fingerprint density at radius 3 is 2.88 bits per heavy atom. The zero-order chi connectivity index (χ0) is 17.8. The first kappa shape index (κ1) is 17.3. The summed E-state index contributed by atoms with van der Waals surface area (Å²) in [6.45, 7) is 0.495. The lowest BCUT2D eigenvalue weighted by Gasteiger charge is -2.16. The number of rotatable bonds is 7. The predicted molar refractivity (Wildman–Crippen MR) is 85.5 cm³/mol. The highest BCUT2D eigenvalue weighted by atomic mass is 16.6. The van der Waals surface area contributed by atoms with Crippen molar-refractivity contribution in [3.63, 3.8) is 0 Å². The van der Waals surface area contributed by atoms with Crippen molar-refractivity contribution in [2.45, 2.75) is 31.0 Å². The molecule has 0 aliphatic carbocycles. The van der Waals surface area contributed by atoms with Crippen molar-refractivity contribution in [2.24, 2.45) is 5.11 Å². The van der Waals surface area contributed by atoms with Gasteiger partial charge in [-0.05, 0) is 12.0 Å². The van der Waals surface area contributed by atoms with E-state index in [4.69, 9.17) is 10.3 Å². The summed E-state index contributed by atoms with van der Waals surface area (Å²) in [5, 5.41) is 35.8. The van der Waals surface area contributed by atoms with Gasteiger partial charge in [0.15, 0.2) is 23.2 Å². The molecule has 0 aromatic carbocycles. The van der Waals surface area contributed by atoms with E-state index in [1.807, 2.05) is 0 Å². The summed E-state index contributed by atoms with van der Waals surface area (Å²) in [5.74, 6) is 0.497. The molecule has 0 bridgehead atoms. The van der Waals surface area contributed by atoms with E-state index in [1.54, 1.807) is 0 Å². The smallest absolute Gasteiger partial charge is 0.167 e. The van der Waals surface area contributed by atoms with Crippen LogP contribution >= 0.6 is 0 Å². The summed E-state index contributed by atoms with van der Waals surface area (Å²) >= 11 is 0. The summed E-state index contributed by atoms with van der Waals surface area (Å²) < 4.78 is 6.99. The molecule has 1 fully saturated rings. The number of fused-ring (bicyclic) bond motifs is 1. The molecule has 0 spiro atoms. The van der Waals surface area contributed by atoms with E-state index in [2.05, 4.69) is 30.3 Å². The maximum Gasteiger partial charge on any atom is 0.167 e. The van der Waals surface area contributed by atoms with Crippen molar-refractivity contribution >= 4 is 17.0 Å². The van der Waals surface area contributed by atoms with Crippen molar-refractivity contribution in [1.29, 1.82) is 0 Å². The molecule has 3 rings (SSSR count). The van der Waals surface area contributed by atoms with E-state index < -0.39 is 31.1 Å². The Bertz CT molecular complexity index is 776. The molecule has 12 nitrogen and oxygen atoms in total. The second-order valence-corrected chi connectivity index (χ2v) is 5.51. The third-order valence-corrected chi connectivity index (χ3v) is 3.94. The van der Waals surface area contributed by atoms with Crippen LogP contribution in [-0.4, -0.2) is 72.8 Å². The van der Waals surface area contributed by atoms with Crippen LogP contribution in [0.15, 0.2) is 17.8 Å². The Balaban J connectivity index is 1.80. The average Bonchev–Trinajstić information content (AvgIpc) is 3.17. The summed E-state index contributed by atoms with van der Waals surface area (Å²) in [7, 11) is 0. The lowest BCUT2D eigenvalue weighted by molar-refractivity contribution is -0.0511. The third kappa shape index (κ3) is 3.34. The molecule has 134 valence electrons. The van der Waals surface area contributed by atoms with Gasteiger partial charge in [0.25, 0.3) is 0 Å². The minimum absolute atomic E-state index is 0.370. The molecule has 25 heavy (non-hydrogen) atoms. The first-order valence-corrected chi connectivity index (χ1v) is 7.72. The van der Waals surface area contributed by atoms with E-state index >= 15 is 0 Å². The van der Waals surface area contributed by atoms with E-state index in [1.165, 1.54) is 17.2 Å². The first-order valence-electron chi connectivity index (χ1n) is 7.72. The van der Waals surface area contributed by atoms with E-state index in [0.29, 0.717) is 36.5 Å². The largest absolute Gasteiger partial charge is 0.394 e. The second-order valence-electron chi connectivity index (χ2n) is 5.51. The van der Waals surface area contributed by atoms with Gasteiger partial charge >= 0.3 is 0 Å². The van der Waals surface area contributed by atoms with Gasteiger partial charge in [0.2, 0.25) is 0 Å². The van der Waals surface area contributed by atoms with Gasteiger partial charge in [0.05, 0.1) is 12.9 Å². The molecule has 2 aromatic rings. The van der Waals surface area contributed by atoms with Gasteiger partial charge in [-0.25, -0.2) is 15.0 Å². The average molecular weight is 350 g/mol. The number of anilines is 1. The lowest BCUT2D eigenvalue weighted by atomic mass is 10.1. The Kier molecular flexibility index (Phi) is 5.26. The van der Waals surface area contributed by atoms with Gasteiger partial charge in [0, 0.05) is 18.0 Å². The molecule has 2 aromatic heterocycles. The Morgan fingerprint density at radius 2 is 2.16 bits per heavy atom. The highest BCUT2D eigenvalue weighted by Crippen LogP contribution is 2.31. The fourth-order valence-electron chi connectivity index (χ4n) is 2.68. The fourth-order valence-corrected chi connectivity index (χ4v) is 2.68. The minimum atomic E-state index is -1.22. The van der Waals surface area contributed by atoms with Gasteiger partial charge < -0.3 is 25.4 Å². The monoisotopic (exact) mass is 350 g/mol. The zero-order valence-corrected chi connectivity index (χ0v) is 13.2. The minimum Gasteiger partial charge on any atom is -0.394 e. The molecule has 12 heteroatoms. The number of aliphatic hydroxyl groups is 3. The number of nitrogens with zero attached hydrogens (tertiary/aromatic N) is 7. The van der Waals surface area contributed by atoms with E-state index in [-0.39, 0.29) is 0 Å². The molecule has 0 radical (unpaired) electrons. The predicted octanol–water partition coefficient (Wildman–Crippen LogP) is -0.450. The molecule has 0 unspecified atom stereocenters. The number of ether oxygens (including phenoxy) is 1. The van der Waals surface area contributed by atoms with Crippen molar-refractivity contribution in [3.8, 4) is 0 Å². The number of hydrogen-bond acceptors (Lipinski definition) is 9. The number of aliphatic hydroxyl groups excluding tert-OH is 3. The van der Waals surface area contributed by atoms with Crippen LogP contribution in [0.2, 0.25) is 0 Å². The van der Waals surface area contributed by atoms with Crippen LogP contribution in [0.4, 0.5) is 5.82 Å². The highest BCUT2D eigenvalue weighted by molar-refractivity contribution is 5.82. The Hall–Kier alpha value is -2.50. The molecule has 1 aliphatic heterocycles. The van der Waals surface area contributed by atoms with Gasteiger partial charge in [-0.2, -0.15) is 0 Å². The molecular weight excluding hydrogens is 332 g/mol. The molecule has 4 N–H and O–H groups in total. The number of nitrogens with one attached hydrogen (secondary N) is 1. The van der Waals surface area contributed by atoms with Crippen molar-refractivity contribution in [3.05, 3.63) is 23.1 Å². The van der Waals surface area contributed by atoms with Crippen LogP contribution in [0.25, 0.3) is 21.6 Å². The third-order valence-electron chi connectivity index (χ3n) is 3.94. The van der Waals surface area contributed by atoms with Gasteiger partial charge in [-0.1, -0.05) is 5.11 Å². The standard InChI is InChI=1S/C13H18N8O4/c14-20-19-3-1-2-15-11-8-12(17-5-16-11)21(6-18-8)13-10(24)9(23)7(4-22)25-13/h5-7,9-10,13,22-24H,1-4H2,(H,15,16,17)/t7-,9+,10+,13-/m1/s1. The molecule has 0 saturated carbocycles. The fraction of sp³-hybridized carbons (Fsp3) is 0.615. The van der Waals surface area contributed by atoms with E-state index in [0.717, 1.165) is 0 Å². The summed E-state index contributed by atoms with van der Waals surface area (Å²) in [5.41, 5.74) is 9.14.